The van der Waals surface area contributed by atoms with Gasteiger partial charge < -0.3 is 32.2 Å². The molecule has 1 heterocycles. The topological polar surface area (TPSA) is 48.3 Å². The number of hydrogen-bond acceptors (Lipinski definition) is 5. The van der Waals surface area contributed by atoms with Gasteiger partial charge in [-0.25, -0.2) is 0 Å². The predicted molar refractivity (Wildman–Crippen MR) is 66.3 cm³/mol. The summed E-state index contributed by atoms with van der Waals surface area (Å²) in [6.07, 6.45) is 13.3. The van der Waals surface area contributed by atoms with E-state index in [4.69, 9.17) is 16.4 Å². The minimum Gasteiger partial charge on any atom is -1.00 e. The maximum Gasteiger partial charge on any atom is 0.143 e. The van der Waals surface area contributed by atoms with Crippen LogP contribution in [0.4, 0.5) is 0 Å². The number of rotatable bonds is 7. The smallest absolute Gasteiger partial charge is 0.143 e. The van der Waals surface area contributed by atoms with Crippen molar-refractivity contribution in [1.82, 2.24) is 9.80 Å². The van der Waals surface area contributed by atoms with Crippen LogP contribution in [0.5, 0.6) is 0 Å². The highest BCUT2D eigenvalue weighted by Gasteiger charge is 2.24. The third-order valence-corrected chi connectivity index (χ3v) is 2.59. The Labute approximate surface area is 114 Å². The molecule has 1 atom stereocenters. The second kappa shape index (κ2) is 9.63. The van der Waals surface area contributed by atoms with Crippen molar-refractivity contribution in [1.29, 1.82) is 0 Å². The lowest BCUT2D eigenvalue weighted by Gasteiger charge is -2.28. The van der Waals surface area contributed by atoms with Crippen LogP contribution >= 0.6 is 0 Å². The van der Waals surface area contributed by atoms with Crippen LogP contribution in [-0.2, 0) is 4.74 Å². The summed E-state index contributed by atoms with van der Waals surface area (Å²) in [7, 11) is 1.64. The fourth-order valence-electron chi connectivity index (χ4n) is 1.77. The van der Waals surface area contributed by atoms with E-state index >= 15 is 0 Å². The number of halogens is 1. The molecule has 0 radical (unpaired) electrons. The molecule has 0 aromatic carbocycles. The van der Waals surface area contributed by atoms with E-state index in [2.05, 4.69) is 16.0 Å². The van der Waals surface area contributed by atoms with Gasteiger partial charge in [0.1, 0.15) is 12.9 Å². The molecule has 18 heavy (non-hydrogen) atoms. The van der Waals surface area contributed by atoms with Crippen molar-refractivity contribution in [3.05, 3.63) is 12.4 Å². The molecule has 1 rings (SSSR count). The van der Waals surface area contributed by atoms with Crippen LogP contribution in [0.3, 0.4) is 0 Å². The minimum atomic E-state index is -0.0780. The van der Waals surface area contributed by atoms with Gasteiger partial charge in [0.2, 0.25) is 0 Å². The van der Waals surface area contributed by atoms with Gasteiger partial charge in [-0.15, -0.1) is 12.3 Å². The van der Waals surface area contributed by atoms with E-state index in [1.165, 1.54) is 6.21 Å². The van der Waals surface area contributed by atoms with Gasteiger partial charge in [-0.05, 0) is 12.8 Å². The standard InChI is InChI=1S/C12H19N3O2.ClH/c1-3-4-5-6-7-14-8-9-15(11-17-2)12(14)10-13-16;/h1,8-10,12,16H,4-7,11H2,2H3;1H/p-1/b13-10-;. The number of nitrogens with zero attached hydrogens (tertiary/aromatic N) is 3. The predicted octanol–water partition coefficient (Wildman–Crippen LogP) is -1.73. The van der Waals surface area contributed by atoms with Crippen molar-refractivity contribution >= 4 is 6.21 Å². The maximum absolute atomic E-state index is 8.66. The molecular formula is C12H19ClN3O2-. The normalized spacial score (nSPS) is 18.1. The second-order valence-electron chi connectivity index (χ2n) is 3.81. The highest BCUT2D eigenvalue weighted by molar-refractivity contribution is 5.64. The van der Waals surface area contributed by atoms with E-state index in [-0.39, 0.29) is 18.6 Å². The van der Waals surface area contributed by atoms with Crippen LogP contribution in [0.25, 0.3) is 0 Å². The van der Waals surface area contributed by atoms with Crippen molar-refractivity contribution in [3.8, 4) is 12.3 Å². The Bertz CT molecular complexity index is 315. The molecule has 0 fully saturated rings. The third kappa shape index (κ3) is 4.86. The Morgan fingerprint density at radius 3 is 2.78 bits per heavy atom. The van der Waals surface area contributed by atoms with Gasteiger partial charge in [0, 0.05) is 32.5 Å². The first-order valence-electron chi connectivity index (χ1n) is 5.63. The fourth-order valence-corrected chi connectivity index (χ4v) is 1.77. The summed E-state index contributed by atoms with van der Waals surface area (Å²) in [5, 5.41) is 11.8. The highest BCUT2D eigenvalue weighted by Crippen LogP contribution is 2.15. The van der Waals surface area contributed by atoms with Crippen molar-refractivity contribution in [2.75, 3.05) is 20.4 Å². The number of ether oxygens (including phenoxy) is 1. The van der Waals surface area contributed by atoms with E-state index in [0.717, 1.165) is 25.8 Å². The number of unbranched alkanes of at least 4 members (excludes halogenated alkanes) is 2. The number of terminal acetylenes is 1. The monoisotopic (exact) mass is 272 g/mol. The first kappa shape index (κ1) is 16.6. The molecule has 1 unspecified atom stereocenters. The Balaban J connectivity index is 0.00000289. The molecule has 0 amide bonds. The largest absolute Gasteiger partial charge is 1.00 e. The molecular weight excluding hydrogens is 254 g/mol. The van der Waals surface area contributed by atoms with Crippen molar-refractivity contribution in [2.24, 2.45) is 5.16 Å². The van der Waals surface area contributed by atoms with E-state index < -0.39 is 0 Å². The highest BCUT2D eigenvalue weighted by atomic mass is 35.5. The number of oxime groups is 1. The Kier molecular flexibility index (Phi) is 8.89. The summed E-state index contributed by atoms with van der Waals surface area (Å²) in [6.45, 7) is 1.35. The molecule has 0 aliphatic carbocycles. The molecule has 0 bridgehead atoms. The maximum atomic E-state index is 8.66. The van der Waals surface area contributed by atoms with Gasteiger partial charge in [0.15, 0.2) is 0 Å². The summed E-state index contributed by atoms with van der Waals surface area (Å²) in [5.74, 6) is 2.63. The number of methoxy groups -OCH3 is 1. The van der Waals surface area contributed by atoms with Crippen LogP contribution < -0.4 is 12.4 Å². The van der Waals surface area contributed by atoms with Crippen LogP contribution in [0.1, 0.15) is 19.3 Å². The van der Waals surface area contributed by atoms with E-state index in [0.29, 0.717) is 6.73 Å². The fraction of sp³-hybridized carbons (Fsp3) is 0.583. The molecule has 0 saturated carbocycles. The molecule has 0 spiro atoms. The molecule has 6 heteroatoms. The SMILES string of the molecule is C#CCCCCN1C=CN(COC)C1/C=N\O.[Cl-]. The summed E-state index contributed by atoms with van der Waals surface area (Å²) in [4.78, 5) is 4.04. The van der Waals surface area contributed by atoms with Gasteiger partial charge in [0.05, 0.1) is 6.21 Å². The van der Waals surface area contributed by atoms with Crippen molar-refractivity contribution in [3.63, 3.8) is 0 Å². The summed E-state index contributed by atoms with van der Waals surface area (Å²) >= 11 is 0. The van der Waals surface area contributed by atoms with Gasteiger partial charge in [-0.2, -0.15) is 0 Å². The molecule has 1 N–H and O–H groups in total. The molecule has 5 nitrogen and oxygen atoms in total. The summed E-state index contributed by atoms with van der Waals surface area (Å²) in [5.41, 5.74) is 0. The quantitative estimate of drug-likeness (QED) is 0.197. The van der Waals surface area contributed by atoms with Crippen molar-refractivity contribution < 1.29 is 22.4 Å². The third-order valence-electron chi connectivity index (χ3n) is 2.59. The number of hydrogen-bond donors (Lipinski definition) is 1. The Morgan fingerprint density at radius 2 is 2.17 bits per heavy atom. The zero-order chi connectivity index (χ0) is 12.5. The lowest BCUT2D eigenvalue weighted by molar-refractivity contribution is -0.00000536. The first-order valence-corrected chi connectivity index (χ1v) is 5.63. The Morgan fingerprint density at radius 1 is 1.44 bits per heavy atom. The summed E-state index contributed by atoms with van der Waals surface area (Å²) in [6, 6.07) is 0. The van der Waals surface area contributed by atoms with Crippen LogP contribution in [0, 0.1) is 12.3 Å². The Hall–Kier alpha value is -1.38. The zero-order valence-corrected chi connectivity index (χ0v) is 11.3. The van der Waals surface area contributed by atoms with E-state index in [1.807, 2.05) is 17.3 Å². The average molecular weight is 273 g/mol. The first-order chi connectivity index (χ1) is 8.33. The van der Waals surface area contributed by atoms with Gasteiger partial charge in [-0.3, -0.25) is 0 Å². The molecule has 1 aliphatic heterocycles. The van der Waals surface area contributed by atoms with Crippen molar-refractivity contribution in [2.45, 2.75) is 25.4 Å². The molecule has 1 aliphatic rings. The lowest BCUT2D eigenvalue weighted by Crippen LogP contribution is -3.00. The van der Waals surface area contributed by atoms with Gasteiger partial charge in [-0.1, -0.05) is 5.16 Å². The van der Waals surface area contributed by atoms with Crippen LogP contribution in [-0.4, -0.2) is 47.8 Å². The summed E-state index contributed by atoms with van der Waals surface area (Å²) < 4.78 is 5.07. The van der Waals surface area contributed by atoms with Gasteiger partial charge >= 0.3 is 0 Å². The second-order valence-corrected chi connectivity index (χ2v) is 3.81. The molecule has 0 saturated heterocycles. The van der Waals surface area contributed by atoms with Gasteiger partial charge in [0.25, 0.3) is 0 Å². The molecule has 102 valence electrons. The minimum absolute atomic E-state index is 0. The van der Waals surface area contributed by atoms with E-state index in [9.17, 15) is 0 Å². The average Bonchev–Trinajstić information content (AvgIpc) is 2.69. The lowest BCUT2D eigenvalue weighted by atomic mass is 10.2. The molecule has 0 aromatic heterocycles. The molecule has 0 aromatic rings. The zero-order valence-electron chi connectivity index (χ0n) is 10.5. The van der Waals surface area contributed by atoms with Crippen LogP contribution in [0.2, 0.25) is 0 Å². The van der Waals surface area contributed by atoms with E-state index in [1.54, 1.807) is 7.11 Å². The van der Waals surface area contributed by atoms with Crippen LogP contribution in [0.15, 0.2) is 17.6 Å².